The van der Waals surface area contributed by atoms with Gasteiger partial charge in [-0.1, -0.05) is 17.8 Å². The van der Waals surface area contributed by atoms with Gasteiger partial charge in [0.1, 0.15) is 0 Å². The molecule has 3 rings (SSSR count). The molecule has 0 spiro atoms. The summed E-state index contributed by atoms with van der Waals surface area (Å²) in [6.45, 7) is 0. The lowest BCUT2D eigenvalue weighted by molar-refractivity contribution is -0.384. The van der Waals surface area contributed by atoms with Crippen molar-refractivity contribution in [3.8, 4) is 11.5 Å². The van der Waals surface area contributed by atoms with Gasteiger partial charge < -0.3 is 20.6 Å². The molecular formula is C19H20N8O5S. The normalized spacial score (nSPS) is 10.7. The molecule has 0 fully saturated rings. The van der Waals surface area contributed by atoms with Crippen LogP contribution in [0, 0.1) is 10.1 Å². The average molecular weight is 472 g/mol. The van der Waals surface area contributed by atoms with Gasteiger partial charge >= 0.3 is 0 Å². The molecule has 1 amide bonds. The molecule has 0 atom stereocenters. The summed E-state index contributed by atoms with van der Waals surface area (Å²) in [4.78, 5) is 22.4. The van der Waals surface area contributed by atoms with Crippen molar-refractivity contribution >= 4 is 41.2 Å². The number of methoxy groups -OCH3 is 2. The van der Waals surface area contributed by atoms with Crippen LogP contribution >= 0.6 is 11.8 Å². The SMILES string of the molecule is COc1ccc(/C=N/Nc2nnc(SCC(=O)Nc3cccc([N+](=O)[O-])c3)n2N)cc1OC. The van der Waals surface area contributed by atoms with Gasteiger partial charge in [0.05, 0.1) is 31.1 Å². The predicted molar refractivity (Wildman–Crippen MR) is 123 cm³/mol. The van der Waals surface area contributed by atoms with E-state index in [0.29, 0.717) is 17.2 Å². The van der Waals surface area contributed by atoms with Crippen LogP contribution in [0.5, 0.6) is 11.5 Å². The summed E-state index contributed by atoms with van der Waals surface area (Å²) in [6, 6.07) is 10.9. The van der Waals surface area contributed by atoms with Crippen LogP contribution in [0.25, 0.3) is 0 Å². The van der Waals surface area contributed by atoms with Gasteiger partial charge in [0.25, 0.3) is 11.6 Å². The second-order valence-electron chi connectivity index (χ2n) is 6.30. The number of nitrogens with zero attached hydrogens (tertiary/aromatic N) is 5. The Hall–Kier alpha value is -4.33. The van der Waals surface area contributed by atoms with Gasteiger partial charge in [-0.25, -0.2) is 10.1 Å². The Labute approximate surface area is 192 Å². The molecule has 0 aliphatic carbocycles. The maximum absolute atomic E-state index is 12.2. The average Bonchev–Trinajstić information content (AvgIpc) is 3.17. The lowest BCUT2D eigenvalue weighted by atomic mass is 10.2. The van der Waals surface area contributed by atoms with Crippen LogP contribution in [0.1, 0.15) is 5.56 Å². The molecule has 0 aliphatic heterocycles. The van der Waals surface area contributed by atoms with E-state index in [1.54, 1.807) is 31.4 Å². The van der Waals surface area contributed by atoms with E-state index in [-0.39, 0.29) is 28.5 Å². The number of hydrogen-bond donors (Lipinski definition) is 3. The molecule has 2 aromatic carbocycles. The Morgan fingerprint density at radius 1 is 1.24 bits per heavy atom. The molecule has 172 valence electrons. The van der Waals surface area contributed by atoms with E-state index in [9.17, 15) is 14.9 Å². The van der Waals surface area contributed by atoms with Crippen LogP contribution in [0.2, 0.25) is 0 Å². The summed E-state index contributed by atoms with van der Waals surface area (Å²) < 4.78 is 11.6. The smallest absolute Gasteiger partial charge is 0.271 e. The number of nitro benzene ring substituents is 1. The third-order valence-electron chi connectivity index (χ3n) is 4.12. The first-order valence-electron chi connectivity index (χ1n) is 9.30. The fourth-order valence-electron chi connectivity index (χ4n) is 2.57. The number of thioether (sulfide) groups is 1. The zero-order chi connectivity index (χ0) is 23.8. The summed E-state index contributed by atoms with van der Waals surface area (Å²) in [5, 5.41) is 25.6. The molecule has 0 unspecified atom stereocenters. The molecule has 0 radical (unpaired) electrons. The minimum absolute atomic E-state index is 0.0348. The van der Waals surface area contributed by atoms with Crippen molar-refractivity contribution < 1.29 is 19.2 Å². The summed E-state index contributed by atoms with van der Waals surface area (Å²) >= 11 is 1.04. The third-order valence-corrected chi connectivity index (χ3v) is 5.07. The Balaban J connectivity index is 1.55. The number of nitrogen functional groups attached to an aromatic ring is 1. The monoisotopic (exact) mass is 472 g/mol. The van der Waals surface area contributed by atoms with Crippen LogP contribution in [-0.2, 0) is 4.79 Å². The molecule has 33 heavy (non-hydrogen) atoms. The standard InChI is InChI=1S/C19H20N8O5S/c1-31-15-7-6-12(8-16(15)32-2)10-21-23-18-24-25-19(26(18)20)33-11-17(28)22-13-4-3-5-14(9-13)27(29)30/h3-10H,11,20H2,1-2H3,(H,22,28)(H,23,24)/b21-10+. The predicted octanol–water partition coefficient (Wildman–Crippen LogP) is 2.09. The van der Waals surface area contributed by atoms with Crippen molar-refractivity contribution in [2.45, 2.75) is 5.16 Å². The van der Waals surface area contributed by atoms with Crippen molar-refractivity contribution in [1.29, 1.82) is 0 Å². The molecule has 0 saturated heterocycles. The van der Waals surface area contributed by atoms with Gasteiger partial charge in [-0.2, -0.15) is 5.10 Å². The Morgan fingerprint density at radius 3 is 2.76 bits per heavy atom. The number of aromatic nitrogens is 3. The zero-order valence-corrected chi connectivity index (χ0v) is 18.4. The number of non-ortho nitro benzene ring substituents is 1. The number of ether oxygens (including phenoxy) is 2. The number of nitrogens with one attached hydrogen (secondary N) is 2. The number of nitro groups is 1. The maximum Gasteiger partial charge on any atom is 0.271 e. The number of rotatable bonds is 10. The molecule has 3 aromatic rings. The van der Waals surface area contributed by atoms with Gasteiger partial charge in [-0.15, -0.1) is 10.2 Å². The number of anilines is 2. The number of hydrogen-bond acceptors (Lipinski definition) is 11. The Bertz CT molecular complexity index is 1180. The first kappa shape index (κ1) is 23.3. The second-order valence-corrected chi connectivity index (χ2v) is 7.25. The van der Waals surface area contributed by atoms with Crippen LogP contribution in [-0.4, -0.2) is 51.9 Å². The first-order chi connectivity index (χ1) is 15.9. The molecule has 0 saturated carbocycles. The van der Waals surface area contributed by atoms with Crippen molar-refractivity contribution in [1.82, 2.24) is 14.9 Å². The van der Waals surface area contributed by atoms with Gasteiger partial charge in [-0.3, -0.25) is 14.9 Å². The number of nitrogens with two attached hydrogens (primary N) is 1. The number of amides is 1. The van der Waals surface area contributed by atoms with Crippen molar-refractivity contribution in [3.05, 3.63) is 58.1 Å². The highest BCUT2D eigenvalue weighted by Gasteiger charge is 2.13. The lowest BCUT2D eigenvalue weighted by Crippen LogP contribution is -2.17. The van der Waals surface area contributed by atoms with Crippen molar-refractivity contribution in [2.75, 3.05) is 36.6 Å². The molecular weight excluding hydrogens is 452 g/mol. The van der Waals surface area contributed by atoms with E-state index in [0.717, 1.165) is 22.0 Å². The van der Waals surface area contributed by atoms with E-state index in [4.69, 9.17) is 15.3 Å². The highest BCUT2D eigenvalue weighted by atomic mass is 32.2. The molecule has 1 heterocycles. The van der Waals surface area contributed by atoms with Crippen LogP contribution < -0.4 is 26.1 Å². The second kappa shape index (κ2) is 10.8. The molecule has 13 nitrogen and oxygen atoms in total. The van der Waals surface area contributed by atoms with E-state index in [2.05, 4.69) is 26.0 Å². The highest BCUT2D eigenvalue weighted by Crippen LogP contribution is 2.27. The zero-order valence-electron chi connectivity index (χ0n) is 17.6. The van der Waals surface area contributed by atoms with E-state index < -0.39 is 4.92 Å². The van der Waals surface area contributed by atoms with Crippen molar-refractivity contribution in [3.63, 3.8) is 0 Å². The quantitative estimate of drug-likeness (QED) is 0.130. The van der Waals surface area contributed by atoms with Gasteiger partial charge in [-0.05, 0) is 29.8 Å². The minimum atomic E-state index is -0.538. The van der Waals surface area contributed by atoms with Crippen LogP contribution in [0.15, 0.2) is 52.7 Å². The fraction of sp³-hybridized carbons (Fsp3) is 0.158. The van der Waals surface area contributed by atoms with Crippen LogP contribution in [0.3, 0.4) is 0 Å². The maximum atomic E-state index is 12.2. The number of carbonyl (C=O) groups excluding carboxylic acids is 1. The van der Waals surface area contributed by atoms with Crippen molar-refractivity contribution in [2.24, 2.45) is 5.10 Å². The highest BCUT2D eigenvalue weighted by molar-refractivity contribution is 7.99. The summed E-state index contributed by atoms with van der Waals surface area (Å²) in [5.41, 5.74) is 3.62. The van der Waals surface area contributed by atoms with Gasteiger partial charge in [0, 0.05) is 17.8 Å². The van der Waals surface area contributed by atoms with Gasteiger partial charge in [0.15, 0.2) is 11.5 Å². The lowest BCUT2D eigenvalue weighted by Gasteiger charge is -2.07. The summed E-state index contributed by atoms with van der Waals surface area (Å²) in [7, 11) is 3.09. The Kier molecular flexibility index (Phi) is 7.64. The number of hydrazone groups is 1. The molecule has 0 aliphatic rings. The number of carbonyl (C=O) groups is 1. The number of benzene rings is 2. The van der Waals surface area contributed by atoms with E-state index >= 15 is 0 Å². The summed E-state index contributed by atoms with van der Waals surface area (Å²) in [6.07, 6.45) is 1.54. The van der Waals surface area contributed by atoms with Gasteiger partial charge in [0.2, 0.25) is 11.1 Å². The molecule has 14 heteroatoms. The minimum Gasteiger partial charge on any atom is -0.493 e. The Morgan fingerprint density at radius 2 is 2.03 bits per heavy atom. The molecule has 0 bridgehead atoms. The summed E-state index contributed by atoms with van der Waals surface area (Å²) in [5.74, 6) is 6.85. The largest absolute Gasteiger partial charge is 0.493 e. The molecule has 4 N–H and O–H groups in total. The van der Waals surface area contributed by atoms with Crippen LogP contribution in [0.4, 0.5) is 17.3 Å². The van der Waals surface area contributed by atoms with E-state index in [1.165, 1.54) is 31.5 Å². The topological polar surface area (TPSA) is 172 Å². The van der Waals surface area contributed by atoms with E-state index in [1.807, 2.05) is 0 Å². The fourth-order valence-corrected chi connectivity index (χ4v) is 3.23. The first-order valence-corrected chi connectivity index (χ1v) is 10.3. The third kappa shape index (κ3) is 6.10. The molecule has 1 aromatic heterocycles.